The van der Waals surface area contributed by atoms with Crippen molar-refractivity contribution < 1.29 is 13.9 Å². The maximum absolute atomic E-state index is 13.0. The van der Waals surface area contributed by atoms with Gasteiger partial charge in [0, 0.05) is 11.1 Å². The van der Waals surface area contributed by atoms with Crippen molar-refractivity contribution in [1.29, 1.82) is 0 Å². The Kier molecular flexibility index (Phi) is 4.93. The maximum atomic E-state index is 13.0. The summed E-state index contributed by atoms with van der Waals surface area (Å²) in [7, 11) is 0. The number of para-hydroxylation sites is 1. The molecule has 1 atom stereocenters. The standard InChI is InChI=1S/C20H19FN2O2/c1-13-6-7-16-4-3-5-18(20(16)22-13)25-12-19(24)23-14(2)15-8-10-17(21)11-9-15/h3-11,14H,12H2,1-2H3,(H,23,24)/t14-/m0/s1. The number of pyridine rings is 1. The molecule has 0 aliphatic heterocycles. The summed E-state index contributed by atoms with van der Waals surface area (Å²) < 4.78 is 18.6. The molecule has 3 aromatic rings. The van der Waals surface area contributed by atoms with Crippen molar-refractivity contribution >= 4 is 16.8 Å². The van der Waals surface area contributed by atoms with Crippen molar-refractivity contribution in [3.63, 3.8) is 0 Å². The Hall–Kier alpha value is -2.95. The predicted octanol–water partition coefficient (Wildman–Crippen LogP) is 3.94. The van der Waals surface area contributed by atoms with Gasteiger partial charge in [0.1, 0.15) is 17.1 Å². The molecular weight excluding hydrogens is 319 g/mol. The number of aryl methyl sites for hydroxylation is 1. The van der Waals surface area contributed by atoms with E-state index in [2.05, 4.69) is 10.3 Å². The Morgan fingerprint density at radius 1 is 1.16 bits per heavy atom. The fourth-order valence-corrected chi connectivity index (χ4v) is 2.60. The first-order valence-electron chi connectivity index (χ1n) is 8.07. The molecule has 3 rings (SSSR count). The van der Waals surface area contributed by atoms with Crippen LogP contribution in [0.15, 0.2) is 54.6 Å². The second kappa shape index (κ2) is 7.30. The molecule has 0 radical (unpaired) electrons. The lowest BCUT2D eigenvalue weighted by atomic mass is 10.1. The van der Waals surface area contributed by atoms with Crippen molar-refractivity contribution in [3.8, 4) is 5.75 Å². The molecule has 2 aromatic carbocycles. The van der Waals surface area contributed by atoms with Crippen molar-refractivity contribution in [2.75, 3.05) is 6.61 Å². The molecule has 5 heteroatoms. The highest BCUT2D eigenvalue weighted by Gasteiger charge is 2.11. The number of hydrogen-bond acceptors (Lipinski definition) is 3. The number of carbonyl (C=O) groups excluding carboxylic acids is 1. The van der Waals surface area contributed by atoms with E-state index in [-0.39, 0.29) is 24.4 Å². The van der Waals surface area contributed by atoms with E-state index in [4.69, 9.17) is 4.74 Å². The summed E-state index contributed by atoms with van der Waals surface area (Å²) in [5.41, 5.74) is 2.46. The van der Waals surface area contributed by atoms with E-state index in [0.29, 0.717) is 5.75 Å². The molecule has 0 spiro atoms. The van der Waals surface area contributed by atoms with Gasteiger partial charge in [-0.05, 0) is 43.7 Å². The molecule has 0 bridgehead atoms. The number of amides is 1. The lowest BCUT2D eigenvalue weighted by molar-refractivity contribution is -0.123. The third-order valence-electron chi connectivity index (χ3n) is 3.93. The number of halogens is 1. The van der Waals surface area contributed by atoms with Gasteiger partial charge in [0.25, 0.3) is 5.91 Å². The zero-order valence-electron chi connectivity index (χ0n) is 14.1. The highest BCUT2D eigenvalue weighted by atomic mass is 19.1. The largest absolute Gasteiger partial charge is 0.481 e. The zero-order valence-corrected chi connectivity index (χ0v) is 14.1. The van der Waals surface area contributed by atoms with Crippen LogP contribution in [0.5, 0.6) is 5.75 Å². The van der Waals surface area contributed by atoms with E-state index in [1.165, 1.54) is 12.1 Å². The van der Waals surface area contributed by atoms with Gasteiger partial charge < -0.3 is 10.1 Å². The minimum absolute atomic E-state index is 0.111. The van der Waals surface area contributed by atoms with Crippen LogP contribution < -0.4 is 10.1 Å². The Morgan fingerprint density at radius 3 is 2.68 bits per heavy atom. The summed E-state index contributed by atoms with van der Waals surface area (Å²) >= 11 is 0. The van der Waals surface area contributed by atoms with Crippen LogP contribution in [0.4, 0.5) is 4.39 Å². The average molecular weight is 338 g/mol. The summed E-state index contributed by atoms with van der Waals surface area (Å²) in [5, 5.41) is 3.80. The number of ether oxygens (including phenoxy) is 1. The van der Waals surface area contributed by atoms with Crippen LogP contribution in [0, 0.1) is 12.7 Å². The highest BCUT2D eigenvalue weighted by molar-refractivity contribution is 5.85. The van der Waals surface area contributed by atoms with E-state index in [1.807, 2.05) is 38.1 Å². The summed E-state index contributed by atoms with van der Waals surface area (Å²) in [6, 6.07) is 15.3. The number of benzene rings is 2. The first kappa shape index (κ1) is 16.9. The van der Waals surface area contributed by atoms with Crippen molar-refractivity contribution in [1.82, 2.24) is 10.3 Å². The van der Waals surface area contributed by atoms with E-state index >= 15 is 0 Å². The molecule has 0 saturated carbocycles. The minimum atomic E-state index is -0.302. The highest BCUT2D eigenvalue weighted by Crippen LogP contribution is 2.23. The average Bonchev–Trinajstić information content (AvgIpc) is 2.60. The maximum Gasteiger partial charge on any atom is 0.258 e. The lowest BCUT2D eigenvalue weighted by Crippen LogP contribution is -2.31. The smallest absolute Gasteiger partial charge is 0.258 e. The molecule has 0 saturated heterocycles. The summed E-state index contributed by atoms with van der Waals surface area (Å²) in [5.74, 6) is 0.0247. The minimum Gasteiger partial charge on any atom is -0.481 e. The second-order valence-corrected chi connectivity index (χ2v) is 5.91. The van der Waals surface area contributed by atoms with Crippen LogP contribution in [0.25, 0.3) is 10.9 Å². The lowest BCUT2D eigenvalue weighted by Gasteiger charge is -2.15. The van der Waals surface area contributed by atoms with Gasteiger partial charge in [0.2, 0.25) is 0 Å². The molecule has 0 fully saturated rings. The Labute approximate surface area is 145 Å². The molecule has 1 amide bonds. The summed E-state index contributed by atoms with van der Waals surface area (Å²) in [6.45, 7) is 3.64. The van der Waals surface area contributed by atoms with Gasteiger partial charge in [-0.2, -0.15) is 0 Å². The van der Waals surface area contributed by atoms with Crippen molar-refractivity contribution in [2.45, 2.75) is 19.9 Å². The third kappa shape index (κ3) is 4.12. The Morgan fingerprint density at radius 2 is 1.92 bits per heavy atom. The number of carbonyl (C=O) groups is 1. The summed E-state index contributed by atoms with van der Waals surface area (Å²) in [6.07, 6.45) is 0. The monoisotopic (exact) mass is 338 g/mol. The van der Waals surface area contributed by atoms with E-state index in [9.17, 15) is 9.18 Å². The van der Waals surface area contributed by atoms with Gasteiger partial charge in [0.05, 0.1) is 6.04 Å². The third-order valence-corrected chi connectivity index (χ3v) is 3.93. The normalized spacial score (nSPS) is 12.0. The molecule has 1 aromatic heterocycles. The molecule has 4 nitrogen and oxygen atoms in total. The number of rotatable bonds is 5. The number of fused-ring (bicyclic) bond motifs is 1. The molecule has 25 heavy (non-hydrogen) atoms. The molecule has 1 heterocycles. The number of hydrogen-bond donors (Lipinski definition) is 1. The van der Waals surface area contributed by atoms with Gasteiger partial charge >= 0.3 is 0 Å². The SMILES string of the molecule is Cc1ccc2cccc(OCC(=O)N[C@@H](C)c3ccc(F)cc3)c2n1. The molecule has 0 aliphatic rings. The number of aromatic nitrogens is 1. The first-order valence-corrected chi connectivity index (χ1v) is 8.07. The second-order valence-electron chi connectivity index (χ2n) is 5.91. The van der Waals surface area contributed by atoms with Gasteiger partial charge in [-0.1, -0.05) is 30.3 Å². The molecule has 0 unspecified atom stereocenters. The van der Waals surface area contributed by atoms with E-state index in [0.717, 1.165) is 22.2 Å². The molecule has 1 N–H and O–H groups in total. The number of nitrogens with one attached hydrogen (secondary N) is 1. The van der Waals surface area contributed by atoms with Crippen LogP contribution in [0.3, 0.4) is 0 Å². The summed E-state index contributed by atoms with van der Waals surface area (Å²) in [4.78, 5) is 16.6. The Bertz CT molecular complexity index is 894. The first-order chi connectivity index (χ1) is 12.0. The molecule has 128 valence electrons. The van der Waals surface area contributed by atoms with E-state index in [1.54, 1.807) is 18.2 Å². The fourth-order valence-electron chi connectivity index (χ4n) is 2.60. The predicted molar refractivity (Wildman–Crippen MR) is 94.9 cm³/mol. The van der Waals surface area contributed by atoms with Crippen molar-refractivity contribution in [2.24, 2.45) is 0 Å². The van der Waals surface area contributed by atoms with Crippen LogP contribution in [0.2, 0.25) is 0 Å². The van der Waals surface area contributed by atoms with E-state index < -0.39 is 0 Å². The molecular formula is C20H19FN2O2. The van der Waals surface area contributed by atoms with Gasteiger partial charge in [-0.25, -0.2) is 9.37 Å². The van der Waals surface area contributed by atoms with Crippen LogP contribution in [0.1, 0.15) is 24.2 Å². The Balaban J connectivity index is 1.64. The van der Waals surface area contributed by atoms with Crippen LogP contribution in [-0.4, -0.2) is 17.5 Å². The van der Waals surface area contributed by atoms with Crippen LogP contribution >= 0.6 is 0 Å². The zero-order chi connectivity index (χ0) is 17.8. The van der Waals surface area contributed by atoms with Crippen LogP contribution in [-0.2, 0) is 4.79 Å². The topological polar surface area (TPSA) is 51.2 Å². The molecule has 0 aliphatic carbocycles. The van der Waals surface area contributed by atoms with Crippen molar-refractivity contribution in [3.05, 3.63) is 71.7 Å². The number of nitrogens with zero attached hydrogens (tertiary/aromatic N) is 1. The van der Waals surface area contributed by atoms with Gasteiger partial charge in [0.15, 0.2) is 6.61 Å². The van der Waals surface area contributed by atoms with Gasteiger partial charge in [-0.15, -0.1) is 0 Å². The fraction of sp³-hybridized carbons (Fsp3) is 0.200. The van der Waals surface area contributed by atoms with Gasteiger partial charge in [-0.3, -0.25) is 4.79 Å². The quantitative estimate of drug-likeness (QED) is 0.767.